The maximum absolute atomic E-state index is 12.4. The molecule has 4 rings (SSSR count). The van der Waals surface area contributed by atoms with Crippen LogP contribution < -0.4 is 9.64 Å². The number of benzene rings is 2. The molecule has 0 saturated heterocycles. The summed E-state index contributed by atoms with van der Waals surface area (Å²) in [5, 5.41) is 3.07. The summed E-state index contributed by atoms with van der Waals surface area (Å²) in [7, 11) is 0. The van der Waals surface area contributed by atoms with Crippen molar-refractivity contribution in [2.45, 2.75) is 32.6 Å². The van der Waals surface area contributed by atoms with Gasteiger partial charge in [0.15, 0.2) is 6.61 Å². The fourth-order valence-electron chi connectivity index (χ4n) is 3.42. The average Bonchev–Trinajstić information content (AvgIpc) is 3.23. The minimum atomic E-state index is 0.0319. The highest BCUT2D eigenvalue weighted by Crippen LogP contribution is 2.37. The summed E-state index contributed by atoms with van der Waals surface area (Å²) < 4.78 is 5.65. The fourth-order valence-corrected chi connectivity index (χ4v) is 4.26. The van der Waals surface area contributed by atoms with E-state index >= 15 is 0 Å². The average molecular weight is 393 g/mol. The normalized spacial score (nSPS) is 13.3. The van der Waals surface area contributed by atoms with E-state index in [1.165, 1.54) is 12.8 Å². The Balaban J connectivity index is 1.60. The zero-order chi connectivity index (χ0) is 19.3. The molecule has 0 fully saturated rings. The van der Waals surface area contributed by atoms with Gasteiger partial charge in [-0.25, -0.2) is 4.98 Å². The van der Waals surface area contributed by atoms with E-state index in [2.05, 4.69) is 24.4 Å². The Labute approximate surface area is 169 Å². The first-order valence-electron chi connectivity index (χ1n) is 9.85. The highest BCUT2D eigenvalue weighted by Gasteiger charge is 2.25. The van der Waals surface area contributed by atoms with Gasteiger partial charge < -0.3 is 9.64 Å². The first-order chi connectivity index (χ1) is 13.8. The molecule has 3 aromatic rings. The standard InChI is InChI=1S/C23H24N2O2S/c1-2-3-4-8-13-25-20-14-18(11-12-21(20)27-15-22(25)26)19-16-28-23(24-19)17-9-6-5-7-10-17/h5-7,9-12,14,16H,2-4,8,13,15H2,1H3. The van der Waals surface area contributed by atoms with E-state index in [-0.39, 0.29) is 12.5 Å². The third-order valence-corrected chi connectivity index (χ3v) is 5.85. The number of unbranched alkanes of at least 4 members (excludes halogenated alkanes) is 3. The van der Waals surface area contributed by atoms with Crippen LogP contribution in [0.2, 0.25) is 0 Å². The number of aromatic nitrogens is 1. The number of anilines is 1. The van der Waals surface area contributed by atoms with Crippen molar-refractivity contribution < 1.29 is 9.53 Å². The summed E-state index contributed by atoms with van der Waals surface area (Å²) >= 11 is 1.63. The van der Waals surface area contributed by atoms with Crippen LogP contribution >= 0.6 is 11.3 Å². The van der Waals surface area contributed by atoms with Crippen molar-refractivity contribution in [3.05, 3.63) is 53.9 Å². The van der Waals surface area contributed by atoms with Gasteiger partial charge in [-0.2, -0.15) is 0 Å². The smallest absolute Gasteiger partial charge is 0.265 e. The SMILES string of the molecule is CCCCCCN1C(=O)COc2ccc(-c3csc(-c4ccccc4)n3)cc21. The number of amides is 1. The van der Waals surface area contributed by atoms with Crippen LogP contribution in [0.25, 0.3) is 21.8 Å². The summed E-state index contributed by atoms with van der Waals surface area (Å²) in [5.74, 6) is 0.807. The van der Waals surface area contributed by atoms with Crippen LogP contribution in [0.4, 0.5) is 5.69 Å². The Morgan fingerprint density at radius 2 is 1.93 bits per heavy atom. The Morgan fingerprint density at radius 1 is 1.07 bits per heavy atom. The van der Waals surface area contributed by atoms with Gasteiger partial charge in [0.05, 0.1) is 11.4 Å². The molecule has 1 aliphatic heterocycles. The molecule has 0 bridgehead atoms. The predicted molar refractivity (Wildman–Crippen MR) is 115 cm³/mol. The lowest BCUT2D eigenvalue weighted by Gasteiger charge is -2.29. The van der Waals surface area contributed by atoms with Crippen LogP contribution in [-0.2, 0) is 4.79 Å². The van der Waals surface area contributed by atoms with Crippen LogP contribution in [-0.4, -0.2) is 24.0 Å². The third kappa shape index (κ3) is 3.94. The Bertz CT molecular complexity index is 952. The van der Waals surface area contributed by atoms with Crippen molar-refractivity contribution >= 4 is 22.9 Å². The number of carbonyl (C=O) groups is 1. The molecule has 1 aromatic heterocycles. The largest absolute Gasteiger partial charge is 0.482 e. The molecular weight excluding hydrogens is 368 g/mol. The number of nitrogens with zero attached hydrogens (tertiary/aromatic N) is 2. The lowest BCUT2D eigenvalue weighted by molar-refractivity contribution is -0.121. The number of ether oxygens (including phenoxy) is 1. The number of carbonyl (C=O) groups excluding carboxylic acids is 1. The summed E-state index contributed by atoms with van der Waals surface area (Å²) in [6.45, 7) is 3.05. The molecule has 0 aliphatic carbocycles. The summed E-state index contributed by atoms with van der Waals surface area (Å²) in [6, 6.07) is 16.2. The van der Waals surface area contributed by atoms with Crippen molar-refractivity contribution in [2.24, 2.45) is 0 Å². The van der Waals surface area contributed by atoms with Crippen LogP contribution in [0.15, 0.2) is 53.9 Å². The summed E-state index contributed by atoms with van der Waals surface area (Å²) in [5.41, 5.74) is 3.91. The van der Waals surface area contributed by atoms with Crippen LogP contribution in [0.3, 0.4) is 0 Å². The van der Waals surface area contributed by atoms with Gasteiger partial charge in [0.2, 0.25) is 0 Å². The molecule has 2 heterocycles. The molecule has 28 heavy (non-hydrogen) atoms. The maximum atomic E-state index is 12.4. The Kier molecular flexibility index (Phi) is 5.72. The second-order valence-corrected chi connectivity index (χ2v) is 7.84. The van der Waals surface area contributed by atoms with Gasteiger partial charge in [0, 0.05) is 23.1 Å². The topological polar surface area (TPSA) is 42.4 Å². The second-order valence-electron chi connectivity index (χ2n) is 6.98. The first kappa shape index (κ1) is 18.7. The van der Waals surface area contributed by atoms with E-state index in [4.69, 9.17) is 9.72 Å². The van der Waals surface area contributed by atoms with Gasteiger partial charge >= 0.3 is 0 Å². The quantitative estimate of drug-likeness (QED) is 0.479. The molecule has 0 atom stereocenters. The number of hydrogen-bond donors (Lipinski definition) is 0. The van der Waals surface area contributed by atoms with E-state index in [1.807, 2.05) is 41.3 Å². The maximum Gasteiger partial charge on any atom is 0.265 e. The van der Waals surface area contributed by atoms with E-state index < -0.39 is 0 Å². The van der Waals surface area contributed by atoms with Gasteiger partial charge in [0.25, 0.3) is 5.91 Å². The van der Waals surface area contributed by atoms with Gasteiger partial charge in [-0.15, -0.1) is 11.3 Å². The van der Waals surface area contributed by atoms with E-state index in [0.29, 0.717) is 0 Å². The Morgan fingerprint density at radius 3 is 2.75 bits per heavy atom. The zero-order valence-electron chi connectivity index (χ0n) is 16.1. The molecule has 0 spiro atoms. The van der Waals surface area contributed by atoms with Gasteiger partial charge in [0.1, 0.15) is 10.8 Å². The van der Waals surface area contributed by atoms with Crippen molar-refractivity contribution in [3.8, 4) is 27.6 Å². The molecule has 0 N–H and O–H groups in total. The molecule has 2 aromatic carbocycles. The molecule has 1 amide bonds. The first-order valence-corrected chi connectivity index (χ1v) is 10.7. The molecule has 0 saturated carbocycles. The van der Waals surface area contributed by atoms with E-state index in [1.54, 1.807) is 11.3 Å². The molecule has 144 valence electrons. The fraction of sp³-hybridized carbons (Fsp3) is 0.304. The highest BCUT2D eigenvalue weighted by molar-refractivity contribution is 7.13. The third-order valence-electron chi connectivity index (χ3n) is 4.96. The number of hydrogen-bond acceptors (Lipinski definition) is 4. The summed E-state index contributed by atoms with van der Waals surface area (Å²) in [4.78, 5) is 19.1. The van der Waals surface area contributed by atoms with Crippen molar-refractivity contribution in [1.29, 1.82) is 0 Å². The van der Waals surface area contributed by atoms with E-state index in [0.717, 1.165) is 52.7 Å². The molecule has 0 radical (unpaired) electrons. The number of rotatable bonds is 7. The number of fused-ring (bicyclic) bond motifs is 1. The monoisotopic (exact) mass is 392 g/mol. The van der Waals surface area contributed by atoms with Gasteiger partial charge in [-0.05, 0) is 24.6 Å². The molecule has 0 unspecified atom stereocenters. The minimum Gasteiger partial charge on any atom is -0.482 e. The van der Waals surface area contributed by atoms with E-state index in [9.17, 15) is 4.79 Å². The van der Waals surface area contributed by atoms with Crippen LogP contribution in [0.5, 0.6) is 5.75 Å². The van der Waals surface area contributed by atoms with Crippen LogP contribution in [0.1, 0.15) is 32.6 Å². The lowest BCUT2D eigenvalue weighted by Crippen LogP contribution is -2.39. The van der Waals surface area contributed by atoms with Gasteiger partial charge in [-0.1, -0.05) is 56.5 Å². The van der Waals surface area contributed by atoms with Crippen LogP contribution in [0, 0.1) is 0 Å². The molecule has 5 heteroatoms. The summed E-state index contributed by atoms with van der Waals surface area (Å²) in [6.07, 6.45) is 4.54. The zero-order valence-corrected chi connectivity index (χ0v) is 16.9. The predicted octanol–water partition coefficient (Wildman–Crippen LogP) is 5.78. The lowest BCUT2D eigenvalue weighted by atomic mass is 10.1. The highest BCUT2D eigenvalue weighted by atomic mass is 32.1. The number of thiazole rings is 1. The van der Waals surface area contributed by atoms with Crippen molar-refractivity contribution in [3.63, 3.8) is 0 Å². The van der Waals surface area contributed by atoms with Crippen molar-refractivity contribution in [2.75, 3.05) is 18.1 Å². The molecular formula is C23H24N2O2S. The Hall–Kier alpha value is -2.66. The molecule has 4 nitrogen and oxygen atoms in total. The van der Waals surface area contributed by atoms with Gasteiger partial charge in [-0.3, -0.25) is 4.79 Å². The molecule has 1 aliphatic rings. The minimum absolute atomic E-state index is 0.0319. The second kappa shape index (κ2) is 8.57. The van der Waals surface area contributed by atoms with Crippen molar-refractivity contribution in [1.82, 2.24) is 4.98 Å².